The lowest BCUT2D eigenvalue weighted by Crippen LogP contribution is -2.26. The fourth-order valence-electron chi connectivity index (χ4n) is 2.48. The van der Waals surface area contributed by atoms with E-state index in [1.807, 2.05) is 48.5 Å². The molecular formula is C22H26N8O3. The highest BCUT2D eigenvalue weighted by atomic mass is 16.4. The van der Waals surface area contributed by atoms with E-state index in [0.29, 0.717) is 6.54 Å². The number of nitrogens with two attached hydrogens (primary N) is 1. The van der Waals surface area contributed by atoms with Crippen LogP contribution in [0.5, 0.6) is 0 Å². The number of rotatable bonds is 7. The Hall–Kier alpha value is -4.38. The summed E-state index contributed by atoms with van der Waals surface area (Å²) in [6.45, 7) is 1.33. The summed E-state index contributed by atoms with van der Waals surface area (Å²) in [6.07, 6.45) is 4.25. The van der Waals surface area contributed by atoms with Crippen molar-refractivity contribution in [2.45, 2.75) is 12.8 Å². The zero-order valence-corrected chi connectivity index (χ0v) is 17.9. The molecule has 0 saturated heterocycles. The number of carbonyl (C=O) groups excluding carboxylic acids is 1. The zero-order chi connectivity index (χ0) is 23.7. The lowest BCUT2D eigenvalue weighted by Gasteiger charge is -2.02. The summed E-state index contributed by atoms with van der Waals surface area (Å²) >= 11 is 0. The third-order valence-electron chi connectivity index (χ3n) is 4.07. The van der Waals surface area contributed by atoms with Crippen LogP contribution in [0.15, 0.2) is 73.3 Å². The van der Waals surface area contributed by atoms with Crippen molar-refractivity contribution in [3.63, 3.8) is 0 Å². The van der Waals surface area contributed by atoms with Gasteiger partial charge in [-0.1, -0.05) is 60.7 Å². The molecule has 1 amide bonds. The summed E-state index contributed by atoms with van der Waals surface area (Å²) in [4.78, 5) is 28.5. The number of amides is 1. The number of aromatic carboxylic acids is 1. The number of hydrogen-bond donors (Lipinski definition) is 5. The SMILES string of the molecule is NCCc1ccccc1.O=C(NCCc1ccccc1)c1ncn[nH]1.O=C(O)c1ncn[nH]1. The summed E-state index contributed by atoms with van der Waals surface area (Å²) in [7, 11) is 0. The number of hydrogen-bond acceptors (Lipinski definition) is 7. The van der Waals surface area contributed by atoms with E-state index in [9.17, 15) is 9.59 Å². The maximum atomic E-state index is 11.5. The summed E-state index contributed by atoms with van der Waals surface area (Å²) in [5.41, 5.74) is 7.87. The van der Waals surface area contributed by atoms with Crippen molar-refractivity contribution in [1.82, 2.24) is 35.7 Å². The quantitative estimate of drug-likeness (QED) is 0.281. The molecule has 0 bridgehead atoms. The summed E-state index contributed by atoms with van der Waals surface area (Å²) in [5, 5.41) is 22.5. The van der Waals surface area contributed by atoms with Gasteiger partial charge >= 0.3 is 5.97 Å². The molecule has 0 atom stereocenters. The normalized spacial score (nSPS) is 9.61. The van der Waals surface area contributed by atoms with E-state index in [2.05, 4.69) is 47.8 Å². The smallest absolute Gasteiger partial charge is 0.373 e. The van der Waals surface area contributed by atoms with Crippen LogP contribution in [0.3, 0.4) is 0 Å². The van der Waals surface area contributed by atoms with E-state index in [-0.39, 0.29) is 17.6 Å². The van der Waals surface area contributed by atoms with Gasteiger partial charge in [0.2, 0.25) is 11.6 Å². The average molecular weight is 451 g/mol. The lowest BCUT2D eigenvalue weighted by molar-refractivity contribution is 0.0683. The topological polar surface area (TPSA) is 176 Å². The van der Waals surface area contributed by atoms with E-state index < -0.39 is 5.97 Å². The fraction of sp³-hybridized carbons (Fsp3) is 0.182. The van der Waals surface area contributed by atoms with Crippen LogP contribution in [-0.4, -0.2) is 60.4 Å². The summed E-state index contributed by atoms with van der Waals surface area (Å²) < 4.78 is 0. The van der Waals surface area contributed by atoms with Crippen LogP contribution in [0.4, 0.5) is 0 Å². The molecular weight excluding hydrogens is 424 g/mol. The molecule has 0 spiro atoms. The first-order chi connectivity index (χ1) is 16.1. The molecule has 6 N–H and O–H groups in total. The molecule has 0 fully saturated rings. The molecule has 11 nitrogen and oxygen atoms in total. The second kappa shape index (κ2) is 14.6. The minimum absolute atomic E-state index is 0.134. The monoisotopic (exact) mass is 450 g/mol. The van der Waals surface area contributed by atoms with Gasteiger partial charge in [-0.2, -0.15) is 10.2 Å². The van der Waals surface area contributed by atoms with Crippen molar-refractivity contribution in [2.75, 3.05) is 13.1 Å². The molecule has 0 aliphatic rings. The summed E-state index contributed by atoms with van der Waals surface area (Å²) in [5.74, 6) is -1.21. The number of carbonyl (C=O) groups is 2. The van der Waals surface area contributed by atoms with Crippen LogP contribution >= 0.6 is 0 Å². The molecule has 172 valence electrons. The molecule has 2 aromatic carbocycles. The molecule has 0 unspecified atom stereocenters. The predicted octanol–water partition coefficient (Wildman–Crippen LogP) is 1.47. The van der Waals surface area contributed by atoms with Crippen molar-refractivity contribution >= 4 is 11.9 Å². The Labute approximate surface area is 190 Å². The van der Waals surface area contributed by atoms with Crippen molar-refractivity contribution < 1.29 is 14.7 Å². The number of H-pyrrole nitrogens is 2. The van der Waals surface area contributed by atoms with Gasteiger partial charge in [-0.05, 0) is 30.5 Å². The van der Waals surface area contributed by atoms with E-state index in [0.717, 1.165) is 25.7 Å². The van der Waals surface area contributed by atoms with Gasteiger partial charge in [-0.25, -0.2) is 14.8 Å². The Morgan fingerprint density at radius 1 is 0.818 bits per heavy atom. The number of aromatic amines is 2. The number of benzene rings is 2. The van der Waals surface area contributed by atoms with Crippen LogP contribution in [0.25, 0.3) is 0 Å². The van der Waals surface area contributed by atoms with Gasteiger partial charge in [0.05, 0.1) is 0 Å². The van der Waals surface area contributed by atoms with E-state index in [1.165, 1.54) is 17.5 Å². The van der Waals surface area contributed by atoms with Gasteiger partial charge in [0, 0.05) is 6.54 Å². The Morgan fingerprint density at radius 2 is 1.33 bits per heavy atom. The van der Waals surface area contributed by atoms with Crippen LogP contribution in [0.1, 0.15) is 32.4 Å². The van der Waals surface area contributed by atoms with Crippen LogP contribution in [-0.2, 0) is 12.8 Å². The molecule has 0 aliphatic heterocycles. The number of nitrogens with zero attached hydrogens (tertiary/aromatic N) is 4. The Kier molecular flexibility index (Phi) is 11.0. The number of aromatic nitrogens is 6. The molecule has 33 heavy (non-hydrogen) atoms. The van der Waals surface area contributed by atoms with E-state index in [1.54, 1.807) is 0 Å². The molecule has 4 aromatic rings. The zero-order valence-electron chi connectivity index (χ0n) is 17.9. The van der Waals surface area contributed by atoms with Crippen molar-refractivity contribution in [3.8, 4) is 0 Å². The van der Waals surface area contributed by atoms with Gasteiger partial charge in [-0.3, -0.25) is 15.0 Å². The summed E-state index contributed by atoms with van der Waals surface area (Å²) in [6, 6.07) is 20.2. The van der Waals surface area contributed by atoms with Crippen molar-refractivity contribution in [1.29, 1.82) is 0 Å². The molecule has 4 rings (SSSR count). The Morgan fingerprint density at radius 3 is 1.76 bits per heavy atom. The fourth-order valence-corrected chi connectivity index (χ4v) is 2.48. The van der Waals surface area contributed by atoms with Gasteiger partial charge in [0.25, 0.3) is 5.91 Å². The molecule has 11 heteroatoms. The second-order valence-corrected chi connectivity index (χ2v) is 6.49. The van der Waals surface area contributed by atoms with Crippen LogP contribution < -0.4 is 11.1 Å². The van der Waals surface area contributed by atoms with Gasteiger partial charge in [0.15, 0.2) is 0 Å². The first-order valence-electron chi connectivity index (χ1n) is 10.1. The second-order valence-electron chi connectivity index (χ2n) is 6.49. The molecule has 0 radical (unpaired) electrons. The lowest BCUT2D eigenvalue weighted by atomic mass is 10.1. The average Bonchev–Trinajstić information content (AvgIpc) is 3.56. The minimum Gasteiger partial charge on any atom is -0.475 e. The third-order valence-corrected chi connectivity index (χ3v) is 4.07. The van der Waals surface area contributed by atoms with Crippen LogP contribution in [0, 0.1) is 0 Å². The largest absolute Gasteiger partial charge is 0.475 e. The van der Waals surface area contributed by atoms with E-state index in [4.69, 9.17) is 10.8 Å². The highest BCUT2D eigenvalue weighted by Gasteiger charge is 2.06. The number of nitrogens with one attached hydrogen (secondary N) is 3. The molecule has 0 aliphatic carbocycles. The maximum absolute atomic E-state index is 11.5. The van der Waals surface area contributed by atoms with E-state index >= 15 is 0 Å². The Balaban J connectivity index is 0.000000192. The molecule has 2 aromatic heterocycles. The van der Waals surface area contributed by atoms with Crippen molar-refractivity contribution in [2.24, 2.45) is 5.73 Å². The highest BCUT2D eigenvalue weighted by molar-refractivity contribution is 5.90. The number of carboxylic acid groups (broad SMARTS) is 1. The third kappa shape index (κ3) is 9.98. The van der Waals surface area contributed by atoms with Gasteiger partial charge in [-0.15, -0.1) is 0 Å². The first-order valence-corrected chi connectivity index (χ1v) is 10.1. The Bertz CT molecular complexity index is 1040. The first kappa shape index (κ1) is 24.9. The standard InChI is InChI=1S/C11H12N4O.C8H11N.C3H3N3O2/c16-11(10-13-8-14-15-10)12-7-6-9-4-2-1-3-5-9;9-7-6-8-4-2-1-3-5-8;7-3(8)2-4-1-5-6-2/h1-5,8H,6-7H2,(H,12,16)(H,13,14,15);1-5H,6-7,9H2;1H,(H,7,8)(H,4,5,6). The van der Waals surface area contributed by atoms with Gasteiger partial charge < -0.3 is 16.2 Å². The molecule has 0 saturated carbocycles. The predicted molar refractivity (Wildman–Crippen MR) is 121 cm³/mol. The maximum Gasteiger partial charge on any atom is 0.373 e. The van der Waals surface area contributed by atoms with Crippen molar-refractivity contribution in [3.05, 3.63) is 96.1 Å². The van der Waals surface area contributed by atoms with Gasteiger partial charge in [0.1, 0.15) is 12.7 Å². The highest BCUT2D eigenvalue weighted by Crippen LogP contribution is 1.98. The minimum atomic E-state index is -1.09. The van der Waals surface area contributed by atoms with Crippen LogP contribution in [0.2, 0.25) is 0 Å². The molecule has 2 heterocycles. The number of carboxylic acids is 1.